The van der Waals surface area contributed by atoms with E-state index in [0.29, 0.717) is 37.5 Å². The van der Waals surface area contributed by atoms with Crippen LogP contribution in [-0.4, -0.2) is 22.6 Å². The number of nitrogens with one attached hydrogen (secondary N) is 2. The molecule has 2 aromatic heterocycles. The van der Waals surface area contributed by atoms with E-state index in [-0.39, 0.29) is 24.0 Å². The van der Waals surface area contributed by atoms with Crippen molar-refractivity contribution in [1.82, 2.24) is 20.8 Å². The minimum atomic E-state index is 0. The van der Waals surface area contributed by atoms with Crippen LogP contribution in [-0.2, 0) is 19.7 Å². The zero-order valence-electron chi connectivity index (χ0n) is 18.2. The van der Waals surface area contributed by atoms with Gasteiger partial charge in [0.1, 0.15) is 6.61 Å². The van der Waals surface area contributed by atoms with Crippen molar-refractivity contribution in [3.05, 3.63) is 77.3 Å². The lowest BCUT2D eigenvalue weighted by atomic mass is 10.1. The van der Waals surface area contributed by atoms with Gasteiger partial charge in [-0.15, -0.1) is 24.0 Å². The third kappa shape index (κ3) is 7.86. The average molecular weight is 535 g/mol. The summed E-state index contributed by atoms with van der Waals surface area (Å²) < 4.78 is 11.3. The van der Waals surface area contributed by atoms with Crippen LogP contribution >= 0.6 is 24.0 Å². The lowest BCUT2D eigenvalue weighted by Gasteiger charge is -2.12. The summed E-state index contributed by atoms with van der Waals surface area (Å²) in [4.78, 5) is 9.04. The van der Waals surface area contributed by atoms with Crippen LogP contribution in [0.1, 0.15) is 49.3 Å². The zero-order chi connectivity index (χ0) is 21.2. The van der Waals surface area contributed by atoms with Gasteiger partial charge < -0.3 is 19.9 Å². The highest BCUT2D eigenvalue weighted by atomic mass is 127. The topological polar surface area (TPSA) is 84.6 Å². The van der Waals surface area contributed by atoms with Crippen LogP contribution in [0.2, 0.25) is 0 Å². The van der Waals surface area contributed by atoms with Crippen molar-refractivity contribution in [3.63, 3.8) is 0 Å². The molecule has 0 aliphatic rings. The maximum atomic E-state index is 5.93. The largest absolute Gasteiger partial charge is 0.473 e. The zero-order valence-corrected chi connectivity index (χ0v) is 20.5. The van der Waals surface area contributed by atoms with Crippen molar-refractivity contribution in [3.8, 4) is 5.88 Å². The molecule has 3 rings (SSSR count). The van der Waals surface area contributed by atoms with Crippen molar-refractivity contribution in [2.75, 3.05) is 6.54 Å². The molecule has 7 nitrogen and oxygen atoms in total. The molecule has 2 N–H and O–H groups in total. The number of ether oxygens (including phenoxy) is 1. The third-order valence-electron chi connectivity index (χ3n) is 4.42. The second-order valence-electron chi connectivity index (χ2n) is 7.16. The normalized spacial score (nSPS) is 11.2. The maximum Gasteiger partial charge on any atom is 0.218 e. The van der Waals surface area contributed by atoms with Crippen LogP contribution < -0.4 is 15.4 Å². The molecule has 31 heavy (non-hydrogen) atoms. The molecule has 2 heterocycles. The summed E-state index contributed by atoms with van der Waals surface area (Å²) in [7, 11) is 0. The lowest BCUT2D eigenvalue weighted by Crippen LogP contribution is -2.36. The number of guanidine groups is 1. The van der Waals surface area contributed by atoms with Gasteiger partial charge in [0.2, 0.25) is 5.88 Å². The minimum Gasteiger partial charge on any atom is -0.473 e. The first-order valence-electron chi connectivity index (χ1n) is 10.2. The van der Waals surface area contributed by atoms with Gasteiger partial charge in [0, 0.05) is 24.4 Å². The summed E-state index contributed by atoms with van der Waals surface area (Å²) in [5.41, 5.74) is 2.97. The Morgan fingerprint density at radius 3 is 2.65 bits per heavy atom. The number of benzene rings is 1. The van der Waals surface area contributed by atoms with Gasteiger partial charge in [0.05, 0.1) is 18.8 Å². The van der Waals surface area contributed by atoms with Crippen molar-refractivity contribution in [2.45, 2.75) is 46.4 Å². The molecule has 1 aromatic carbocycles. The quantitative estimate of drug-likeness (QED) is 0.236. The highest BCUT2D eigenvalue weighted by Crippen LogP contribution is 2.17. The Balaban J connectivity index is 0.00000341. The maximum absolute atomic E-state index is 5.93. The molecule has 166 valence electrons. The number of halogens is 1. The van der Waals surface area contributed by atoms with Crippen LogP contribution in [0, 0.1) is 0 Å². The fourth-order valence-electron chi connectivity index (χ4n) is 2.76. The Morgan fingerprint density at radius 2 is 1.94 bits per heavy atom. The fraction of sp³-hybridized carbons (Fsp3) is 0.348. The molecule has 0 bridgehead atoms. The van der Waals surface area contributed by atoms with Gasteiger partial charge in [-0.1, -0.05) is 55.4 Å². The van der Waals surface area contributed by atoms with Gasteiger partial charge in [-0.2, -0.15) is 0 Å². The van der Waals surface area contributed by atoms with Gasteiger partial charge in [-0.3, -0.25) is 0 Å². The first-order chi connectivity index (χ1) is 14.7. The molecular weight excluding hydrogens is 505 g/mol. The summed E-state index contributed by atoms with van der Waals surface area (Å²) in [5, 5.41) is 10.6. The molecule has 8 heteroatoms. The van der Waals surface area contributed by atoms with Gasteiger partial charge in [0.15, 0.2) is 11.7 Å². The molecule has 0 aliphatic heterocycles. The van der Waals surface area contributed by atoms with Crippen LogP contribution in [0.4, 0.5) is 0 Å². The highest BCUT2D eigenvalue weighted by Gasteiger charge is 2.09. The molecule has 3 aromatic rings. The Kier molecular flexibility index (Phi) is 10.3. The number of hydrogen-bond donors (Lipinski definition) is 2. The highest BCUT2D eigenvalue weighted by molar-refractivity contribution is 14.0. The van der Waals surface area contributed by atoms with Gasteiger partial charge >= 0.3 is 0 Å². The van der Waals surface area contributed by atoms with Gasteiger partial charge in [0.25, 0.3) is 0 Å². The SMILES string of the molecule is CCNC(=NCc1cccnc1OCc1ccccc1)NCc1cc(C(C)C)no1.I. The molecule has 0 aliphatic carbocycles. The molecule has 0 saturated carbocycles. The number of pyridine rings is 1. The molecule has 0 radical (unpaired) electrons. The van der Waals surface area contributed by atoms with Crippen molar-refractivity contribution >= 4 is 29.9 Å². The van der Waals surface area contributed by atoms with Gasteiger partial charge in [-0.05, 0) is 24.5 Å². The van der Waals surface area contributed by atoms with Crippen LogP contribution in [0.15, 0.2) is 64.2 Å². The summed E-state index contributed by atoms with van der Waals surface area (Å²) in [6.45, 7) is 8.39. The molecule has 0 unspecified atom stereocenters. The fourth-order valence-corrected chi connectivity index (χ4v) is 2.76. The smallest absolute Gasteiger partial charge is 0.218 e. The second-order valence-corrected chi connectivity index (χ2v) is 7.16. The first kappa shape index (κ1) is 24.6. The van der Waals surface area contributed by atoms with Crippen molar-refractivity contribution < 1.29 is 9.26 Å². The predicted molar refractivity (Wildman–Crippen MR) is 133 cm³/mol. The third-order valence-corrected chi connectivity index (χ3v) is 4.42. The number of aliphatic imine (C=N–C) groups is 1. The predicted octanol–water partition coefficient (Wildman–Crippen LogP) is 4.65. The standard InChI is InChI=1S/C23H29N5O2.HI/c1-4-24-23(27-15-20-13-21(17(2)3)28-30-20)26-14-19-11-8-12-25-22(19)29-16-18-9-6-5-7-10-18;/h5-13,17H,4,14-16H2,1-3H3,(H2,24,26,27);1H. The monoisotopic (exact) mass is 535 g/mol. The van der Waals surface area contributed by atoms with E-state index < -0.39 is 0 Å². The summed E-state index contributed by atoms with van der Waals surface area (Å²) >= 11 is 0. The van der Waals surface area contributed by atoms with E-state index in [1.165, 1.54) is 0 Å². The van der Waals surface area contributed by atoms with E-state index in [2.05, 4.69) is 39.6 Å². The van der Waals surface area contributed by atoms with Crippen LogP contribution in [0.5, 0.6) is 5.88 Å². The molecule has 0 spiro atoms. The first-order valence-corrected chi connectivity index (χ1v) is 10.2. The van der Waals surface area contributed by atoms with E-state index in [4.69, 9.17) is 9.26 Å². The van der Waals surface area contributed by atoms with Crippen LogP contribution in [0.3, 0.4) is 0 Å². The molecule has 0 saturated heterocycles. The Morgan fingerprint density at radius 1 is 1.13 bits per heavy atom. The Bertz CT molecular complexity index is 944. The van der Waals surface area contributed by atoms with Crippen molar-refractivity contribution in [1.29, 1.82) is 0 Å². The second kappa shape index (κ2) is 12.9. The van der Waals surface area contributed by atoms with Gasteiger partial charge in [-0.25, -0.2) is 9.98 Å². The summed E-state index contributed by atoms with van der Waals surface area (Å²) in [6.07, 6.45) is 1.73. The number of rotatable bonds is 9. The number of nitrogens with zero attached hydrogens (tertiary/aromatic N) is 3. The van der Waals surface area contributed by atoms with E-state index >= 15 is 0 Å². The van der Waals surface area contributed by atoms with E-state index in [0.717, 1.165) is 29.1 Å². The minimum absolute atomic E-state index is 0. The van der Waals surface area contributed by atoms with E-state index in [1.807, 2.05) is 55.5 Å². The number of hydrogen-bond acceptors (Lipinski definition) is 5. The average Bonchev–Trinajstić information content (AvgIpc) is 3.25. The Labute approximate surface area is 200 Å². The van der Waals surface area contributed by atoms with E-state index in [9.17, 15) is 0 Å². The molecule has 0 fully saturated rings. The van der Waals surface area contributed by atoms with Crippen molar-refractivity contribution in [2.24, 2.45) is 4.99 Å². The van der Waals surface area contributed by atoms with E-state index in [1.54, 1.807) is 6.20 Å². The molecule has 0 atom stereocenters. The Hall–Kier alpha value is -2.62. The summed E-state index contributed by atoms with van der Waals surface area (Å²) in [5.74, 6) is 2.40. The molecule has 0 amide bonds. The summed E-state index contributed by atoms with van der Waals surface area (Å²) in [6, 6.07) is 15.9. The molecular formula is C23H30IN5O2. The number of aromatic nitrogens is 2. The van der Waals surface area contributed by atoms with Crippen LogP contribution in [0.25, 0.3) is 0 Å². The lowest BCUT2D eigenvalue weighted by molar-refractivity contribution is 0.290.